The molecule has 4 aromatic carbocycles. The lowest BCUT2D eigenvalue weighted by molar-refractivity contribution is -0.134. The number of amides is 3. The molecule has 1 aliphatic heterocycles. The third-order valence-corrected chi connectivity index (χ3v) is 12.5. The Bertz CT molecular complexity index is 3070. The van der Waals surface area contributed by atoms with Crippen LogP contribution in [0.1, 0.15) is 90.1 Å². The number of halogens is 2. The molecule has 0 saturated carbocycles. The fourth-order valence-electron chi connectivity index (χ4n) is 9.06. The number of nitrogens with zero attached hydrogens (tertiary/aromatic N) is 5. The predicted molar refractivity (Wildman–Crippen MR) is 255 cm³/mol. The van der Waals surface area contributed by atoms with Crippen LogP contribution in [0.4, 0.5) is 4.39 Å². The Kier molecular flexibility index (Phi) is 13.5. The molecule has 1 fully saturated rings. The molecule has 1 unspecified atom stereocenters. The van der Waals surface area contributed by atoms with Gasteiger partial charge in [0.1, 0.15) is 40.2 Å². The van der Waals surface area contributed by atoms with Crippen molar-refractivity contribution >= 4 is 68.0 Å². The Morgan fingerprint density at radius 1 is 0.925 bits per heavy atom. The molecule has 0 aliphatic carbocycles. The lowest BCUT2D eigenvalue weighted by Crippen LogP contribution is -2.52. The first-order valence-corrected chi connectivity index (χ1v) is 22.9. The van der Waals surface area contributed by atoms with E-state index >= 15 is 0 Å². The number of hydrogen-bond donors (Lipinski definition) is 2. The molecule has 4 heterocycles. The molecule has 16 heteroatoms. The zero-order chi connectivity index (χ0) is 47.7. The quantitative estimate of drug-likeness (QED) is 0.0548. The minimum atomic E-state index is -0.809. The van der Waals surface area contributed by atoms with E-state index in [0.29, 0.717) is 85.5 Å². The number of imide groups is 1. The van der Waals surface area contributed by atoms with Crippen molar-refractivity contribution < 1.29 is 37.8 Å². The van der Waals surface area contributed by atoms with Crippen LogP contribution in [-0.2, 0) is 45.6 Å². The maximum Gasteiger partial charge on any atom is 0.355 e. The number of para-hydroxylation sites is 1. The van der Waals surface area contributed by atoms with Crippen LogP contribution in [0.3, 0.4) is 0 Å². The van der Waals surface area contributed by atoms with Gasteiger partial charge in [-0.3, -0.25) is 24.4 Å². The highest BCUT2D eigenvalue weighted by Crippen LogP contribution is 2.42. The van der Waals surface area contributed by atoms with E-state index in [4.69, 9.17) is 35.9 Å². The van der Waals surface area contributed by atoms with Crippen molar-refractivity contribution in [3.05, 3.63) is 112 Å². The van der Waals surface area contributed by atoms with Gasteiger partial charge in [-0.1, -0.05) is 35.9 Å². The lowest BCUT2D eigenvalue weighted by Gasteiger charge is -2.21. The third kappa shape index (κ3) is 9.80. The molecule has 1 saturated heterocycles. The largest absolute Gasteiger partial charge is 0.493 e. The normalized spacial score (nSPS) is 14.3. The summed E-state index contributed by atoms with van der Waals surface area (Å²) >= 11 is 7.16. The zero-order valence-corrected chi connectivity index (χ0v) is 39.6. The highest BCUT2D eigenvalue weighted by molar-refractivity contribution is 6.35. The summed E-state index contributed by atoms with van der Waals surface area (Å²) in [5.74, 6) is -0.748. The average molecular weight is 932 g/mol. The Balaban J connectivity index is 1.05. The van der Waals surface area contributed by atoms with E-state index in [0.717, 1.165) is 55.3 Å². The molecular formula is C51H55ClFN7O7. The van der Waals surface area contributed by atoms with Gasteiger partial charge < -0.3 is 28.7 Å². The van der Waals surface area contributed by atoms with E-state index in [9.17, 15) is 23.6 Å². The van der Waals surface area contributed by atoms with Crippen molar-refractivity contribution in [3.8, 4) is 16.9 Å². The monoisotopic (exact) mass is 931 g/mol. The number of ether oxygens (including phenoxy) is 3. The molecule has 67 heavy (non-hydrogen) atoms. The molecule has 1 aliphatic rings. The number of carbonyl (C=O) groups excluding carboxylic acids is 4. The second-order valence-electron chi connectivity index (χ2n) is 18.0. The van der Waals surface area contributed by atoms with E-state index in [1.54, 1.807) is 18.2 Å². The van der Waals surface area contributed by atoms with E-state index in [-0.39, 0.29) is 24.6 Å². The van der Waals surface area contributed by atoms with Crippen LogP contribution in [-0.4, -0.2) is 79.1 Å². The lowest BCUT2D eigenvalue weighted by atomic mass is 9.98. The standard InChI is InChI=1S/C51H55ClFN7O7/c1-29-43(30(2)58(7)57-29)44-38(52)20-19-36-35(14-10-26-66-41-16-8-12-32-28-33(53)17-18-34(32)41)47(50(64)67-51(4,5)6)60(46(36)44)23-11-25-65-27-24-59-31(3)54-45-37(13-9-15-40(45)59)48(62)55-39-21-22-42(61)56-49(39)63/h8-9,12-13,15-20,28,39H,10-11,14,21-27H2,1-7H3,(H,55,62)(H,56,61,63). The smallest absolute Gasteiger partial charge is 0.355 e. The maximum absolute atomic E-state index is 14.5. The second-order valence-corrected chi connectivity index (χ2v) is 18.4. The van der Waals surface area contributed by atoms with Crippen molar-refractivity contribution in [1.82, 2.24) is 34.5 Å². The van der Waals surface area contributed by atoms with Gasteiger partial charge >= 0.3 is 5.97 Å². The minimum absolute atomic E-state index is 0.151. The fourth-order valence-corrected chi connectivity index (χ4v) is 9.31. The summed E-state index contributed by atoms with van der Waals surface area (Å²) in [6.07, 6.45) is 1.97. The number of imidazole rings is 1. The van der Waals surface area contributed by atoms with Crippen LogP contribution in [0.25, 0.3) is 43.8 Å². The molecule has 8 rings (SSSR count). The van der Waals surface area contributed by atoms with Crippen LogP contribution < -0.4 is 15.4 Å². The number of aryl methyl sites for hydroxylation is 5. The van der Waals surface area contributed by atoms with E-state index < -0.39 is 29.4 Å². The summed E-state index contributed by atoms with van der Waals surface area (Å²) in [7, 11) is 1.90. The summed E-state index contributed by atoms with van der Waals surface area (Å²) in [6, 6.07) is 18.6. The summed E-state index contributed by atoms with van der Waals surface area (Å²) < 4.78 is 38.6. The van der Waals surface area contributed by atoms with Crippen LogP contribution >= 0.6 is 11.6 Å². The topological polar surface area (TPSA) is 161 Å². The molecule has 7 aromatic rings. The number of benzene rings is 4. The first-order valence-electron chi connectivity index (χ1n) is 22.6. The van der Waals surface area contributed by atoms with Gasteiger partial charge in [-0.25, -0.2) is 14.2 Å². The first kappa shape index (κ1) is 46.9. The number of aromatic nitrogens is 5. The fraction of sp³-hybridized carbons (Fsp3) is 0.373. The second kappa shape index (κ2) is 19.3. The van der Waals surface area contributed by atoms with Crippen LogP contribution in [0.5, 0.6) is 5.75 Å². The predicted octanol–water partition coefficient (Wildman–Crippen LogP) is 8.87. The van der Waals surface area contributed by atoms with Crippen molar-refractivity contribution in [1.29, 1.82) is 0 Å². The van der Waals surface area contributed by atoms with Gasteiger partial charge in [-0.15, -0.1) is 0 Å². The molecule has 3 amide bonds. The molecule has 3 aromatic heterocycles. The van der Waals surface area contributed by atoms with Crippen molar-refractivity contribution in [3.63, 3.8) is 0 Å². The number of nitrogens with one attached hydrogen (secondary N) is 2. The molecule has 0 radical (unpaired) electrons. The number of rotatable bonds is 16. The summed E-state index contributed by atoms with van der Waals surface area (Å²) in [4.78, 5) is 56.6. The minimum Gasteiger partial charge on any atom is -0.493 e. The Labute approximate surface area is 392 Å². The van der Waals surface area contributed by atoms with Gasteiger partial charge in [0.05, 0.1) is 40.5 Å². The van der Waals surface area contributed by atoms with E-state index in [1.165, 1.54) is 12.1 Å². The molecule has 14 nitrogen and oxygen atoms in total. The van der Waals surface area contributed by atoms with Gasteiger partial charge in [-0.2, -0.15) is 5.10 Å². The number of piperidine rings is 1. The van der Waals surface area contributed by atoms with Gasteiger partial charge in [0.2, 0.25) is 11.8 Å². The number of carbonyl (C=O) groups is 4. The summed E-state index contributed by atoms with van der Waals surface area (Å²) in [6.45, 7) is 13.3. The van der Waals surface area contributed by atoms with Crippen molar-refractivity contribution in [2.24, 2.45) is 7.05 Å². The molecule has 0 bridgehead atoms. The average Bonchev–Trinajstić information content (AvgIpc) is 3.86. The highest BCUT2D eigenvalue weighted by Gasteiger charge is 2.32. The van der Waals surface area contributed by atoms with Crippen LogP contribution in [0.15, 0.2) is 66.7 Å². The summed E-state index contributed by atoms with van der Waals surface area (Å²) in [5.41, 5.74) is 6.26. The SMILES string of the molecule is Cc1nn(C)c(C)c1-c1c(Cl)ccc2c(CCCOc3cccc4cc(F)ccc34)c(C(=O)OC(C)(C)C)n(CCCOCCn3c(C)nc4c(C(=O)NC5CCC(=O)NC5=O)cccc43)c12. The molecule has 350 valence electrons. The summed E-state index contributed by atoms with van der Waals surface area (Å²) in [5, 5.41) is 12.7. The number of hydrogen-bond acceptors (Lipinski definition) is 9. The molecule has 1 atom stereocenters. The Hall–Kier alpha value is -6.58. The van der Waals surface area contributed by atoms with E-state index in [1.807, 2.05) is 98.8 Å². The maximum atomic E-state index is 14.5. The van der Waals surface area contributed by atoms with Crippen molar-refractivity contribution in [2.45, 2.75) is 98.4 Å². The molecular weight excluding hydrogens is 877 g/mol. The van der Waals surface area contributed by atoms with Gasteiger partial charge in [-0.05, 0) is 121 Å². The van der Waals surface area contributed by atoms with Gasteiger partial charge in [0, 0.05) is 60.8 Å². The van der Waals surface area contributed by atoms with Gasteiger partial charge in [0.15, 0.2) is 0 Å². The number of fused-ring (bicyclic) bond motifs is 3. The number of esters is 1. The highest BCUT2D eigenvalue weighted by atomic mass is 35.5. The zero-order valence-electron chi connectivity index (χ0n) is 38.8. The third-order valence-electron chi connectivity index (χ3n) is 12.1. The van der Waals surface area contributed by atoms with Crippen LogP contribution in [0.2, 0.25) is 5.02 Å². The Morgan fingerprint density at radius 2 is 1.70 bits per heavy atom. The van der Waals surface area contributed by atoms with Gasteiger partial charge in [0.25, 0.3) is 5.91 Å². The first-order chi connectivity index (χ1) is 32.0. The Morgan fingerprint density at radius 3 is 2.45 bits per heavy atom. The van der Waals surface area contributed by atoms with Crippen molar-refractivity contribution in [2.75, 3.05) is 19.8 Å². The van der Waals surface area contributed by atoms with Crippen LogP contribution in [0, 0.1) is 26.6 Å². The molecule has 2 N–H and O–H groups in total. The van der Waals surface area contributed by atoms with E-state index in [2.05, 4.69) is 10.6 Å². The molecule has 0 spiro atoms.